The number of nitrogens with one attached hydrogen (secondary N) is 1. The molecule has 174 valence electrons. The maximum absolute atomic E-state index is 13.8. The van der Waals surface area contributed by atoms with E-state index >= 15 is 0 Å². The smallest absolute Gasteiger partial charge is 0.407 e. The van der Waals surface area contributed by atoms with Gasteiger partial charge in [-0.2, -0.15) is 0 Å². The normalized spacial score (nSPS) is 19.5. The van der Waals surface area contributed by atoms with E-state index in [-0.39, 0.29) is 18.9 Å². The molecule has 2 aliphatic rings. The topological polar surface area (TPSA) is 95.9 Å². The Morgan fingerprint density at radius 1 is 1.12 bits per heavy atom. The van der Waals surface area contributed by atoms with Gasteiger partial charge in [0.25, 0.3) is 5.92 Å². The Morgan fingerprint density at radius 3 is 2.24 bits per heavy atom. The van der Waals surface area contributed by atoms with Crippen LogP contribution in [0.4, 0.5) is 13.6 Å². The highest BCUT2D eigenvalue weighted by Crippen LogP contribution is 2.44. The number of benzene rings is 2. The van der Waals surface area contributed by atoms with E-state index in [1.165, 1.54) is 0 Å². The van der Waals surface area contributed by atoms with E-state index in [0.717, 1.165) is 22.3 Å². The molecule has 1 heterocycles. The van der Waals surface area contributed by atoms with E-state index in [1.807, 2.05) is 48.5 Å². The Hall–Kier alpha value is -3.49. The highest BCUT2D eigenvalue weighted by atomic mass is 19.3. The van der Waals surface area contributed by atoms with Gasteiger partial charge in [-0.05, 0) is 28.7 Å². The number of halogens is 2. The predicted octanol–water partition coefficient (Wildman–Crippen LogP) is 3.62. The van der Waals surface area contributed by atoms with Crippen LogP contribution in [-0.2, 0) is 14.3 Å². The highest BCUT2D eigenvalue weighted by molar-refractivity contribution is 5.90. The van der Waals surface area contributed by atoms with Crippen molar-refractivity contribution in [3.63, 3.8) is 0 Å². The van der Waals surface area contributed by atoms with E-state index in [9.17, 15) is 28.3 Å². The summed E-state index contributed by atoms with van der Waals surface area (Å²) >= 11 is 0. The van der Waals surface area contributed by atoms with Gasteiger partial charge in [0.1, 0.15) is 18.7 Å². The molecule has 1 fully saturated rings. The van der Waals surface area contributed by atoms with Gasteiger partial charge in [-0.25, -0.2) is 18.4 Å². The van der Waals surface area contributed by atoms with Crippen molar-refractivity contribution in [2.45, 2.75) is 43.7 Å². The summed E-state index contributed by atoms with van der Waals surface area (Å²) in [5.41, 5.74) is 4.19. The minimum atomic E-state index is -3.29. The zero-order valence-corrected chi connectivity index (χ0v) is 18.0. The van der Waals surface area contributed by atoms with Crippen molar-refractivity contribution in [3.05, 3.63) is 59.7 Å². The molecule has 2 N–H and O–H groups in total. The molecular formula is C24H24F2N2O5. The molecule has 1 aliphatic carbocycles. The van der Waals surface area contributed by atoms with Crippen molar-refractivity contribution >= 4 is 18.0 Å². The molecule has 33 heavy (non-hydrogen) atoms. The van der Waals surface area contributed by atoms with Gasteiger partial charge in [-0.15, -0.1) is 0 Å². The molecule has 1 aliphatic heterocycles. The SMILES string of the molecule is CC[C@@H](NC(=O)OCC1c2ccccc2-c2ccccc21)C(=O)N1CC(F)(F)C[C@@H]1C(=O)O. The number of carbonyl (C=O) groups is 3. The average Bonchev–Trinajstić information content (AvgIpc) is 3.30. The molecule has 4 rings (SSSR count). The van der Waals surface area contributed by atoms with Gasteiger partial charge in [-0.3, -0.25) is 4.79 Å². The molecule has 2 atom stereocenters. The summed E-state index contributed by atoms with van der Waals surface area (Å²) in [6.07, 6.45) is -1.72. The maximum atomic E-state index is 13.8. The average molecular weight is 458 g/mol. The third-order valence-corrected chi connectivity index (χ3v) is 6.18. The molecule has 2 amide bonds. The Balaban J connectivity index is 1.42. The third kappa shape index (κ3) is 4.40. The lowest BCUT2D eigenvalue weighted by Crippen LogP contribution is -2.51. The fourth-order valence-electron chi connectivity index (χ4n) is 4.59. The molecule has 0 spiro atoms. The summed E-state index contributed by atoms with van der Waals surface area (Å²) in [5, 5.41) is 11.6. The standard InChI is InChI=1S/C24H24F2N2O5/c1-2-19(21(29)28-13-24(25,26)11-20(28)22(30)31)27-23(32)33-12-18-16-9-5-3-7-14(16)15-8-4-6-10-17(15)18/h3-10,18-20H,2,11-13H2,1H3,(H,27,32)(H,30,31)/t19-,20-/m1/s1. The summed E-state index contributed by atoms with van der Waals surface area (Å²) in [7, 11) is 0. The second-order valence-electron chi connectivity index (χ2n) is 8.31. The van der Waals surface area contributed by atoms with Gasteiger partial charge >= 0.3 is 12.1 Å². The van der Waals surface area contributed by atoms with Crippen LogP contribution in [-0.4, -0.2) is 59.1 Å². The fraction of sp³-hybridized carbons (Fsp3) is 0.375. The summed E-state index contributed by atoms with van der Waals surface area (Å²) in [5.74, 6) is -5.83. The lowest BCUT2D eigenvalue weighted by atomic mass is 9.98. The minimum Gasteiger partial charge on any atom is -0.480 e. The number of alkyl halides is 2. The van der Waals surface area contributed by atoms with E-state index in [4.69, 9.17) is 4.74 Å². The number of nitrogens with zero attached hydrogens (tertiary/aromatic N) is 1. The number of carbonyl (C=O) groups excluding carboxylic acids is 2. The Labute approximate surface area is 189 Å². The maximum Gasteiger partial charge on any atom is 0.407 e. The van der Waals surface area contributed by atoms with Crippen LogP contribution < -0.4 is 5.32 Å². The van der Waals surface area contributed by atoms with Crippen molar-refractivity contribution in [1.29, 1.82) is 0 Å². The van der Waals surface area contributed by atoms with Crippen molar-refractivity contribution < 1.29 is 33.0 Å². The highest BCUT2D eigenvalue weighted by Gasteiger charge is 2.51. The van der Waals surface area contributed by atoms with Gasteiger partial charge in [0, 0.05) is 12.3 Å². The van der Waals surface area contributed by atoms with Crippen LogP contribution in [0.3, 0.4) is 0 Å². The molecule has 2 aromatic carbocycles. The number of rotatable bonds is 6. The number of aliphatic carboxylic acids is 1. The number of carboxylic acids is 1. The van der Waals surface area contributed by atoms with E-state index in [1.54, 1.807) is 6.92 Å². The molecule has 0 radical (unpaired) electrons. The van der Waals surface area contributed by atoms with E-state index in [2.05, 4.69) is 5.32 Å². The molecule has 9 heteroatoms. The van der Waals surface area contributed by atoms with Gasteiger partial charge < -0.3 is 20.1 Å². The summed E-state index contributed by atoms with van der Waals surface area (Å²) in [6.45, 7) is 0.631. The minimum absolute atomic E-state index is 0.0318. The number of carboxylic acid groups (broad SMARTS) is 1. The predicted molar refractivity (Wildman–Crippen MR) is 115 cm³/mol. The molecule has 1 saturated heterocycles. The van der Waals surface area contributed by atoms with Crippen LogP contribution in [0.2, 0.25) is 0 Å². The number of amides is 2. The molecule has 0 saturated carbocycles. The first kappa shape index (κ1) is 22.7. The Bertz CT molecular complexity index is 1040. The number of hydrogen-bond acceptors (Lipinski definition) is 4. The first-order valence-corrected chi connectivity index (χ1v) is 10.7. The van der Waals surface area contributed by atoms with Crippen molar-refractivity contribution in [2.24, 2.45) is 0 Å². The largest absolute Gasteiger partial charge is 0.480 e. The van der Waals surface area contributed by atoms with Crippen LogP contribution >= 0.6 is 0 Å². The van der Waals surface area contributed by atoms with Gasteiger partial charge in [-0.1, -0.05) is 55.5 Å². The molecular weight excluding hydrogens is 434 g/mol. The van der Waals surface area contributed by atoms with Crippen LogP contribution in [0.25, 0.3) is 11.1 Å². The number of ether oxygens (including phenoxy) is 1. The van der Waals surface area contributed by atoms with Crippen molar-refractivity contribution in [1.82, 2.24) is 10.2 Å². The number of alkyl carbamates (subject to hydrolysis) is 1. The Morgan fingerprint density at radius 2 is 1.70 bits per heavy atom. The zero-order valence-electron chi connectivity index (χ0n) is 18.0. The van der Waals surface area contributed by atoms with Crippen molar-refractivity contribution in [3.8, 4) is 11.1 Å². The van der Waals surface area contributed by atoms with Crippen molar-refractivity contribution in [2.75, 3.05) is 13.2 Å². The van der Waals surface area contributed by atoms with E-state index in [0.29, 0.717) is 4.90 Å². The molecule has 0 aromatic heterocycles. The zero-order chi connectivity index (χ0) is 23.8. The first-order valence-electron chi connectivity index (χ1n) is 10.7. The van der Waals surface area contributed by atoms with Crippen LogP contribution in [0.5, 0.6) is 0 Å². The first-order chi connectivity index (χ1) is 15.7. The molecule has 2 aromatic rings. The van der Waals surface area contributed by atoms with Crippen LogP contribution in [0.15, 0.2) is 48.5 Å². The van der Waals surface area contributed by atoms with Gasteiger partial charge in [0.15, 0.2) is 0 Å². The van der Waals surface area contributed by atoms with Gasteiger partial charge in [0.2, 0.25) is 5.91 Å². The summed E-state index contributed by atoms with van der Waals surface area (Å²) < 4.78 is 32.9. The second-order valence-corrected chi connectivity index (χ2v) is 8.31. The fourth-order valence-corrected chi connectivity index (χ4v) is 4.59. The molecule has 7 nitrogen and oxygen atoms in total. The second kappa shape index (κ2) is 8.80. The quantitative estimate of drug-likeness (QED) is 0.689. The van der Waals surface area contributed by atoms with E-state index < -0.39 is 48.9 Å². The Kier molecular flexibility index (Phi) is 6.05. The number of likely N-dealkylation sites (tertiary alicyclic amines) is 1. The summed E-state index contributed by atoms with van der Waals surface area (Å²) in [6, 6.07) is 12.9. The van der Waals surface area contributed by atoms with Gasteiger partial charge in [0.05, 0.1) is 6.54 Å². The lowest BCUT2D eigenvalue weighted by Gasteiger charge is -2.26. The number of fused-ring (bicyclic) bond motifs is 3. The third-order valence-electron chi connectivity index (χ3n) is 6.18. The van der Waals surface area contributed by atoms with Crippen LogP contribution in [0, 0.1) is 0 Å². The molecule has 0 bridgehead atoms. The summed E-state index contributed by atoms with van der Waals surface area (Å²) in [4.78, 5) is 37.2. The lowest BCUT2D eigenvalue weighted by molar-refractivity contribution is -0.149. The monoisotopic (exact) mass is 458 g/mol. The van der Waals surface area contributed by atoms with Crippen LogP contribution in [0.1, 0.15) is 36.8 Å². The number of hydrogen-bond donors (Lipinski definition) is 2. The molecule has 0 unspecified atom stereocenters.